The van der Waals surface area contributed by atoms with Crippen LogP contribution in [0.25, 0.3) is 0 Å². The van der Waals surface area contributed by atoms with Gasteiger partial charge in [-0.25, -0.2) is 0 Å². The molecule has 0 saturated carbocycles. The number of β-lactam (4-membered cyclic amide) rings is 1. The standard InChI is InChI=1S/C22H17Cl2NOS/c23-18-13-11-17(12-14-18)20-22(24,27-19-9-5-2-6-10-19)21(26)25(20)15-16-7-3-1-4-8-16/h1-14,20H,15H2/t20-,22+/m1/s1. The van der Waals surface area contributed by atoms with Crippen LogP contribution in [0.2, 0.25) is 5.02 Å². The van der Waals surface area contributed by atoms with Crippen LogP contribution >= 0.6 is 35.0 Å². The number of nitrogens with zero attached hydrogens (tertiary/aromatic N) is 1. The van der Waals surface area contributed by atoms with E-state index < -0.39 is 4.21 Å². The Morgan fingerprint density at radius 1 is 0.889 bits per heavy atom. The molecule has 0 unspecified atom stereocenters. The van der Waals surface area contributed by atoms with Gasteiger partial charge in [-0.2, -0.15) is 0 Å². The molecular formula is C22H17Cl2NOS. The number of carbonyl (C=O) groups is 1. The van der Waals surface area contributed by atoms with E-state index in [9.17, 15) is 4.79 Å². The van der Waals surface area contributed by atoms with Crippen molar-refractivity contribution in [3.05, 3.63) is 101 Å². The molecule has 4 rings (SSSR count). The summed E-state index contributed by atoms with van der Waals surface area (Å²) < 4.78 is -1.07. The molecule has 0 radical (unpaired) electrons. The predicted molar refractivity (Wildman–Crippen MR) is 112 cm³/mol. The first-order valence-electron chi connectivity index (χ1n) is 8.61. The van der Waals surface area contributed by atoms with Crippen LogP contribution in [0, 0.1) is 0 Å². The Kier molecular flexibility index (Phi) is 5.18. The lowest BCUT2D eigenvalue weighted by Crippen LogP contribution is -2.63. The maximum Gasteiger partial charge on any atom is 0.257 e. The molecular weight excluding hydrogens is 397 g/mol. The monoisotopic (exact) mass is 413 g/mol. The van der Waals surface area contributed by atoms with E-state index in [1.807, 2.05) is 89.8 Å². The molecule has 1 saturated heterocycles. The van der Waals surface area contributed by atoms with Crippen molar-refractivity contribution in [2.45, 2.75) is 21.7 Å². The molecule has 0 bridgehead atoms. The van der Waals surface area contributed by atoms with E-state index in [-0.39, 0.29) is 11.9 Å². The van der Waals surface area contributed by atoms with Gasteiger partial charge in [0.25, 0.3) is 5.91 Å². The van der Waals surface area contributed by atoms with Crippen LogP contribution in [0.15, 0.2) is 89.8 Å². The predicted octanol–water partition coefficient (Wildman–Crippen LogP) is 6.15. The molecule has 0 aliphatic carbocycles. The fourth-order valence-electron chi connectivity index (χ4n) is 3.31. The van der Waals surface area contributed by atoms with Gasteiger partial charge in [0.1, 0.15) is 0 Å². The topological polar surface area (TPSA) is 20.3 Å². The van der Waals surface area contributed by atoms with E-state index >= 15 is 0 Å². The lowest BCUT2D eigenvalue weighted by molar-refractivity contribution is -0.148. The van der Waals surface area contributed by atoms with Gasteiger partial charge in [0.2, 0.25) is 0 Å². The first-order valence-corrected chi connectivity index (χ1v) is 10.2. The number of halogens is 2. The van der Waals surface area contributed by atoms with Gasteiger partial charge in [-0.1, -0.05) is 95.6 Å². The Bertz CT molecular complexity index is 934. The molecule has 2 nitrogen and oxygen atoms in total. The van der Waals surface area contributed by atoms with Crippen molar-refractivity contribution in [2.24, 2.45) is 0 Å². The molecule has 0 aromatic heterocycles. The van der Waals surface area contributed by atoms with Gasteiger partial charge in [0.05, 0.1) is 6.04 Å². The Hall–Kier alpha value is -1.94. The maximum absolute atomic E-state index is 13.1. The van der Waals surface area contributed by atoms with Crippen molar-refractivity contribution in [1.82, 2.24) is 4.90 Å². The number of thioether (sulfide) groups is 1. The highest BCUT2D eigenvalue weighted by molar-refractivity contribution is 8.03. The fourth-order valence-corrected chi connectivity index (χ4v) is 5.27. The first-order chi connectivity index (χ1) is 13.1. The number of likely N-dealkylation sites (tertiary alicyclic amines) is 1. The molecule has 3 aromatic rings. The van der Waals surface area contributed by atoms with Crippen molar-refractivity contribution in [1.29, 1.82) is 0 Å². The van der Waals surface area contributed by atoms with E-state index in [1.54, 1.807) is 0 Å². The van der Waals surface area contributed by atoms with E-state index in [2.05, 4.69) is 0 Å². The number of rotatable bonds is 5. The second-order valence-corrected chi connectivity index (χ2v) is 9.01. The second kappa shape index (κ2) is 7.59. The quantitative estimate of drug-likeness (QED) is 0.369. The SMILES string of the molecule is O=C1N(Cc2ccccc2)[C@H](c2ccc(Cl)cc2)[C@]1(Cl)Sc1ccccc1. The molecule has 1 amide bonds. The number of benzene rings is 3. The lowest BCUT2D eigenvalue weighted by Gasteiger charge is -2.52. The average molecular weight is 414 g/mol. The van der Waals surface area contributed by atoms with Crippen molar-refractivity contribution < 1.29 is 4.79 Å². The molecule has 27 heavy (non-hydrogen) atoms. The fraction of sp³-hybridized carbons (Fsp3) is 0.136. The highest BCUT2D eigenvalue weighted by Crippen LogP contribution is 2.57. The van der Waals surface area contributed by atoms with Gasteiger partial charge in [-0.05, 0) is 35.4 Å². The summed E-state index contributed by atoms with van der Waals surface area (Å²) in [5, 5.41) is 0.662. The molecule has 136 valence electrons. The number of hydrogen-bond donors (Lipinski definition) is 0. The zero-order valence-corrected chi connectivity index (χ0v) is 16.7. The third kappa shape index (κ3) is 3.60. The van der Waals surface area contributed by atoms with Crippen molar-refractivity contribution in [2.75, 3.05) is 0 Å². The van der Waals surface area contributed by atoms with Crippen molar-refractivity contribution >= 4 is 40.9 Å². The average Bonchev–Trinajstić information content (AvgIpc) is 2.70. The summed E-state index contributed by atoms with van der Waals surface area (Å²) in [6, 6.07) is 27.1. The van der Waals surface area contributed by atoms with E-state index in [0.717, 1.165) is 16.0 Å². The Balaban J connectivity index is 1.67. The van der Waals surface area contributed by atoms with Gasteiger partial charge >= 0.3 is 0 Å². The van der Waals surface area contributed by atoms with Gasteiger partial charge in [0, 0.05) is 16.5 Å². The highest BCUT2D eigenvalue weighted by atomic mass is 35.5. The Morgan fingerprint density at radius 3 is 2.11 bits per heavy atom. The number of hydrogen-bond acceptors (Lipinski definition) is 2. The minimum atomic E-state index is -1.07. The van der Waals surface area contributed by atoms with Crippen LogP contribution in [0.5, 0.6) is 0 Å². The van der Waals surface area contributed by atoms with Crippen LogP contribution in [0.1, 0.15) is 17.2 Å². The molecule has 0 spiro atoms. The van der Waals surface area contributed by atoms with Gasteiger partial charge < -0.3 is 4.90 Å². The zero-order valence-electron chi connectivity index (χ0n) is 14.4. The minimum absolute atomic E-state index is 0.0678. The number of amides is 1. The Morgan fingerprint density at radius 2 is 1.48 bits per heavy atom. The molecule has 1 fully saturated rings. The summed E-state index contributed by atoms with van der Waals surface area (Å²) in [6.07, 6.45) is 0. The van der Waals surface area contributed by atoms with E-state index in [1.165, 1.54) is 11.8 Å². The molecule has 5 heteroatoms. The highest BCUT2D eigenvalue weighted by Gasteiger charge is 2.61. The minimum Gasteiger partial charge on any atom is -0.326 e. The zero-order chi connectivity index (χ0) is 18.9. The summed E-state index contributed by atoms with van der Waals surface area (Å²) >= 11 is 14.4. The van der Waals surface area contributed by atoms with Gasteiger partial charge in [-0.3, -0.25) is 4.79 Å². The van der Waals surface area contributed by atoms with E-state index in [0.29, 0.717) is 11.6 Å². The third-order valence-electron chi connectivity index (χ3n) is 4.61. The summed E-state index contributed by atoms with van der Waals surface area (Å²) in [4.78, 5) is 15.9. The lowest BCUT2D eigenvalue weighted by atomic mass is 9.91. The van der Waals surface area contributed by atoms with Gasteiger partial charge in [0.15, 0.2) is 4.21 Å². The molecule has 2 atom stereocenters. The van der Waals surface area contributed by atoms with Crippen LogP contribution in [-0.2, 0) is 11.3 Å². The van der Waals surface area contributed by atoms with Crippen LogP contribution in [0.4, 0.5) is 0 Å². The molecule has 1 aliphatic rings. The van der Waals surface area contributed by atoms with Crippen molar-refractivity contribution in [3.8, 4) is 0 Å². The second-order valence-electron chi connectivity index (χ2n) is 6.43. The summed E-state index contributed by atoms with van der Waals surface area (Å²) in [7, 11) is 0. The van der Waals surface area contributed by atoms with Crippen LogP contribution < -0.4 is 0 Å². The van der Waals surface area contributed by atoms with Crippen LogP contribution in [0.3, 0.4) is 0 Å². The Labute approximate surface area is 173 Å². The number of carbonyl (C=O) groups excluding carboxylic acids is 1. The van der Waals surface area contributed by atoms with Gasteiger partial charge in [-0.15, -0.1) is 0 Å². The summed E-state index contributed by atoms with van der Waals surface area (Å²) in [5.74, 6) is -0.0678. The largest absolute Gasteiger partial charge is 0.326 e. The summed E-state index contributed by atoms with van der Waals surface area (Å²) in [6.45, 7) is 0.525. The molecule has 1 aliphatic heterocycles. The van der Waals surface area contributed by atoms with Crippen LogP contribution in [-0.4, -0.2) is 15.0 Å². The third-order valence-corrected chi connectivity index (χ3v) is 6.66. The first kappa shape index (κ1) is 18.4. The summed E-state index contributed by atoms with van der Waals surface area (Å²) in [5.41, 5.74) is 2.06. The normalized spacial score (nSPS) is 21.8. The maximum atomic E-state index is 13.1. The van der Waals surface area contributed by atoms with E-state index in [4.69, 9.17) is 23.2 Å². The number of alkyl halides is 1. The molecule has 3 aromatic carbocycles. The van der Waals surface area contributed by atoms with Crippen molar-refractivity contribution in [3.63, 3.8) is 0 Å². The smallest absolute Gasteiger partial charge is 0.257 e. The molecule has 1 heterocycles. The molecule has 0 N–H and O–H groups in total.